The fourth-order valence-electron chi connectivity index (χ4n) is 3.38. The topological polar surface area (TPSA) is 43.4 Å². The summed E-state index contributed by atoms with van der Waals surface area (Å²) in [5.74, 6) is 0.642. The molecule has 16 heavy (non-hydrogen) atoms. The van der Waals surface area contributed by atoms with Gasteiger partial charge < -0.3 is 0 Å². The Kier molecular flexibility index (Phi) is 2.52. The summed E-state index contributed by atoms with van der Waals surface area (Å²) >= 11 is 0. The van der Waals surface area contributed by atoms with Gasteiger partial charge in [0.05, 0.1) is 12.9 Å². The van der Waals surface area contributed by atoms with Gasteiger partial charge in [-0.15, -0.1) is 0 Å². The van der Waals surface area contributed by atoms with Gasteiger partial charge in [-0.1, -0.05) is 26.0 Å². The van der Waals surface area contributed by atoms with Crippen LogP contribution < -0.4 is 0 Å². The van der Waals surface area contributed by atoms with Gasteiger partial charge in [-0.3, -0.25) is 4.18 Å². The van der Waals surface area contributed by atoms with E-state index >= 15 is 0 Å². The lowest BCUT2D eigenvalue weighted by Crippen LogP contribution is -2.31. The molecule has 2 atom stereocenters. The third-order valence-electron chi connectivity index (χ3n) is 4.60. The van der Waals surface area contributed by atoms with E-state index in [0.29, 0.717) is 5.92 Å². The van der Waals surface area contributed by atoms with Crippen LogP contribution in [0.3, 0.4) is 0 Å². The average molecular weight is 244 g/mol. The van der Waals surface area contributed by atoms with Gasteiger partial charge in [0.1, 0.15) is 0 Å². The van der Waals surface area contributed by atoms with Crippen LogP contribution in [0.4, 0.5) is 0 Å². The number of rotatable bonds is 3. The Balaban J connectivity index is 2.18. The van der Waals surface area contributed by atoms with Crippen LogP contribution in [0.25, 0.3) is 0 Å². The van der Waals surface area contributed by atoms with Crippen LogP contribution in [0.5, 0.6) is 0 Å². The van der Waals surface area contributed by atoms with Crippen molar-refractivity contribution in [2.24, 2.45) is 16.7 Å². The molecule has 2 aliphatic carbocycles. The molecule has 0 aliphatic heterocycles. The van der Waals surface area contributed by atoms with E-state index in [2.05, 4.69) is 20.4 Å². The minimum atomic E-state index is -3.34. The second-order valence-corrected chi connectivity index (χ2v) is 7.53. The Hall–Kier alpha value is -0.350. The molecule has 0 N–H and O–H groups in total. The summed E-state index contributed by atoms with van der Waals surface area (Å²) in [6.07, 6.45) is 4.34. The van der Waals surface area contributed by atoms with Gasteiger partial charge in [0.25, 0.3) is 10.1 Å². The summed E-state index contributed by atoms with van der Waals surface area (Å²) in [5.41, 5.74) is 1.23. The Labute approximate surface area is 98.0 Å². The van der Waals surface area contributed by atoms with Crippen molar-refractivity contribution < 1.29 is 12.6 Å². The van der Waals surface area contributed by atoms with Gasteiger partial charge in [0.2, 0.25) is 0 Å². The maximum Gasteiger partial charge on any atom is 0.264 e. The monoisotopic (exact) mass is 244 g/mol. The molecule has 2 rings (SSSR count). The molecular weight excluding hydrogens is 224 g/mol. The van der Waals surface area contributed by atoms with E-state index in [0.717, 1.165) is 19.1 Å². The van der Waals surface area contributed by atoms with Crippen LogP contribution in [0.2, 0.25) is 0 Å². The molecule has 0 heterocycles. The highest BCUT2D eigenvalue weighted by atomic mass is 32.2. The smallest absolute Gasteiger partial charge is 0.264 e. The third kappa shape index (κ3) is 1.72. The number of fused-ring (bicyclic) bond motifs is 2. The van der Waals surface area contributed by atoms with E-state index in [9.17, 15) is 8.42 Å². The van der Waals surface area contributed by atoms with Crippen molar-refractivity contribution in [3.63, 3.8) is 0 Å². The van der Waals surface area contributed by atoms with Gasteiger partial charge >= 0.3 is 0 Å². The van der Waals surface area contributed by atoms with Crippen molar-refractivity contribution in [3.8, 4) is 0 Å². The molecule has 2 aliphatic rings. The average Bonchev–Trinajstić information content (AvgIpc) is 2.64. The van der Waals surface area contributed by atoms with Crippen LogP contribution in [0, 0.1) is 16.7 Å². The molecule has 2 unspecified atom stereocenters. The first kappa shape index (κ1) is 12.1. The van der Waals surface area contributed by atoms with E-state index in [4.69, 9.17) is 4.18 Å². The van der Waals surface area contributed by atoms with E-state index in [1.54, 1.807) is 0 Å². The van der Waals surface area contributed by atoms with E-state index in [1.165, 1.54) is 12.0 Å². The zero-order valence-corrected chi connectivity index (χ0v) is 11.1. The molecule has 2 fully saturated rings. The van der Waals surface area contributed by atoms with Crippen LogP contribution in [0.15, 0.2) is 12.2 Å². The highest BCUT2D eigenvalue weighted by Crippen LogP contribution is 2.65. The first-order valence-electron chi connectivity index (χ1n) is 5.72. The van der Waals surface area contributed by atoms with Crippen LogP contribution in [-0.4, -0.2) is 21.3 Å². The Morgan fingerprint density at radius 3 is 2.56 bits per heavy atom. The summed E-state index contributed by atoms with van der Waals surface area (Å²) in [7, 11) is -3.34. The normalized spacial score (nSPS) is 36.9. The number of hydrogen-bond donors (Lipinski definition) is 0. The largest absolute Gasteiger partial charge is 0.269 e. The molecule has 2 saturated carbocycles. The van der Waals surface area contributed by atoms with E-state index < -0.39 is 10.1 Å². The summed E-state index contributed by atoms with van der Waals surface area (Å²) < 4.78 is 27.2. The van der Waals surface area contributed by atoms with Gasteiger partial charge in [-0.05, 0) is 30.6 Å². The molecule has 0 aromatic carbocycles. The quantitative estimate of drug-likeness (QED) is 0.565. The molecule has 92 valence electrons. The van der Waals surface area contributed by atoms with Crippen molar-refractivity contribution in [3.05, 3.63) is 12.2 Å². The van der Waals surface area contributed by atoms with Crippen molar-refractivity contribution >= 4 is 10.1 Å². The first-order chi connectivity index (χ1) is 7.17. The highest BCUT2D eigenvalue weighted by molar-refractivity contribution is 7.85. The lowest BCUT2D eigenvalue weighted by Gasteiger charge is -2.37. The fraction of sp³-hybridized carbons (Fsp3) is 0.833. The minimum Gasteiger partial charge on any atom is -0.269 e. The second-order valence-electron chi connectivity index (χ2n) is 5.89. The first-order valence-corrected chi connectivity index (χ1v) is 7.53. The zero-order chi connectivity index (χ0) is 12.2. The van der Waals surface area contributed by atoms with E-state index in [1.807, 2.05) is 0 Å². The maximum atomic E-state index is 11.1. The Morgan fingerprint density at radius 1 is 1.50 bits per heavy atom. The van der Waals surface area contributed by atoms with Crippen molar-refractivity contribution in [2.75, 3.05) is 12.9 Å². The predicted octanol–water partition coefficient (Wildman–Crippen LogP) is 2.35. The molecule has 0 aromatic rings. The molecule has 0 spiro atoms. The highest BCUT2D eigenvalue weighted by Gasteiger charge is 2.57. The molecule has 3 nitrogen and oxygen atoms in total. The molecule has 0 aromatic heterocycles. The standard InChI is InChI=1S/C12H20O3S/c1-9-11(2,3)10-5-6-12(9,7-10)8-15-16(4,13)14/h10H,1,5-8H2,2-4H3. The van der Waals surface area contributed by atoms with Crippen LogP contribution in [-0.2, 0) is 14.3 Å². The van der Waals surface area contributed by atoms with Gasteiger partial charge in [0, 0.05) is 5.41 Å². The molecule has 0 radical (unpaired) electrons. The molecule has 0 saturated heterocycles. The minimum absolute atomic E-state index is 0.0861. The fourth-order valence-corrected chi connectivity index (χ4v) is 3.82. The van der Waals surface area contributed by atoms with Crippen LogP contribution >= 0.6 is 0 Å². The van der Waals surface area contributed by atoms with Gasteiger partial charge in [-0.25, -0.2) is 0 Å². The molecule has 0 amide bonds. The Bertz CT molecular complexity index is 422. The molecule has 2 bridgehead atoms. The summed E-state index contributed by atoms with van der Waals surface area (Å²) in [4.78, 5) is 0. The van der Waals surface area contributed by atoms with Gasteiger partial charge in [-0.2, -0.15) is 8.42 Å². The molecular formula is C12H20O3S. The zero-order valence-electron chi connectivity index (χ0n) is 10.2. The van der Waals surface area contributed by atoms with Gasteiger partial charge in [0.15, 0.2) is 0 Å². The SMILES string of the molecule is C=C1C2(COS(C)(=O)=O)CCC(C2)C1(C)C. The lowest BCUT2D eigenvalue weighted by atomic mass is 9.69. The third-order valence-corrected chi connectivity index (χ3v) is 5.14. The summed E-state index contributed by atoms with van der Waals surface area (Å²) in [6.45, 7) is 8.89. The maximum absolute atomic E-state index is 11.1. The van der Waals surface area contributed by atoms with E-state index in [-0.39, 0.29) is 17.4 Å². The summed E-state index contributed by atoms with van der Waals surface area (Å²) in [6, 6.07) is 0. The van der Waals surface area contributed by atoms with Crippen molar-refractivity contribution in [1.82, 2.24) is 0 Å². The summed E-state index contributed by atoms with van der Waals surface area (Å²) in [5, 5.41) is 0. The number of hydrogen-bond acceptors (Lipinski definition) is 3. The van der Waals surface area contributed by atoms with Crippen molar-refractivity contribution in [1.29, 1.82) is 0 Å². The van der Waals surface area contributed by atoms with Crippen molar-refractivity contribution in [2.45, 2.75) is 33.1 Å². The van der Waals surface area contributed by atoms with Crippen LogP contribution in [0.1, 0.15) is 33.1 Å². The Morgan fingerprint density at radius 2 is 2.12 bits per heavy atom. The molecule has 4 heteroatoms. The predicted molar refractivity (Wildman–Crippen MR) is 63.5 cm³/mol. The second kappa shape index (κ2) is 3.33. The lowest BCUT2D eigenvalue weighted by molar-refractivity contribution is 0.183.